The molecule has 0 spiro atoms. The lowest BCUT2D eigenvalue weighted by Crippen LogP contribution is -2.44. The predicted molar refractivity (Wildman–Crippen MR) is 90.1 cm³/mol. The Hall–Kier alpha value is -2.97. The minimum atomic E-state index is -0.625. The molecule has 1 saturated heterocycles. The molecule has 3 rings (SSSR count). The number of hydrogen-bond donors (Lipinski definition) is 1. The number of amides is 2. The Balaban J connectivity index is 1.56. The Morgan fingerprint density at radius 2 is 2.00 bits per heavy atom. The number of nitrogens with one attached hydrogen (secondary N) is 1. The Labute approximate surface area is 148 Å². The molecule has 0 radical (unpaired) electrons. The summed E-state index contributed by atoms with van der Waals surface area (Å²) in [5.74, 6) is -1.33. The summed E-state index contributed by atoms with van der Waals surface area (Å²) in [5.41, 5.74) is -0.256. The number of carbonyl (C=O) groups is 1. The number of aryl methyl sites for hydroxylation is 1. The number of rotatable bonds is 3. The first-order valence-electron chi connectivity index (χ1n) is 8.14. The largest absolute Gasteiger partial charge is 0.487 e. The van der Waals surface area contributed by atoms with Crippen molar-refractivity contribution in [1.29, 1.82) is 0 Å². The fourth-order valence-corrected chi connectivity index (χ4v) is 2.72. The van der Waals surface area contributed by atoms with Crippen LogP contribution in [0.25, 0.3) is 0 Å². The van der Waals surface area contributed by atoms with E-state index in [-0.39, 0.29) is 17.5 Å². The first-order valence-corrected chi connectivity index (χ1v) is 8.14. The molecule has 1 aromatic carbocycles. The average Bonchev–Trinajstić information content (AvgIpc) is 2.62. The van der Waals surface area contributed by atoms with E-state index in [0.29, 0.717) is 25.9 Å². The molecule has 0 bridgehead atoms. The van der Waals surface area contributed by atoms with Crippen LogP contribution in [0, 0.1) is 11.6 Å². The smallest absolute Gasteiger partial charge is 0.321 e. The van der Waals surface area contributed by atoms with Gasteiger partial charge in [-0.1, -0.05) is 0 Å². The van der Waals surface area contributed by atoms with Crippen LogP contribution in [0.1, 0.15) is 12.8 Å². The third kappa shape index (κ3) is 3.98. The minimum absolute atomic E-state index is 0.131. The van der Waals surface area contributed by atoms with Crippen LogP contribution in [0.5, 0.6) is 5.75 Å². The molecule has 2 amide bonds. The molecule has 1 N–H and O–H groups in total. The van der Waals surface area contributed by atoms with Gasteiger partial charge in [0.1, 0.15) is 17.6 Å². The monoisotopic (exact) mass is 364 g/mol. The van der Waals surface area contributed by atoms with Gasteiger partial charge >= 0.3 is 6.03 Å². The second-order valence-electron chi connectivity index (χ2n) is 5.98. The summed E-state index contributed by atoms with van der Waals surface area (Å²) in [5, 5.41) is 6.35. The van der Waals surface area contributed by atoms with Gasteiger partial charge in [0, 0.05) is 45.2 Å². The van der Waals surface area contributed by atoms with Crippen LogP contribution in [-0.2, 0) is 7.05 Å². The molecule has 1 aliphatic rings. The molecular formula is C17H18F2N4O3. The maximum absolute atomic E-state index is 13.6. The van der Waals surface area contributed by atoms with Gasteiger partial charge in [-0.05, 0) is 18.2 Å². The molecule has 138 valence electrons. The van der Waals surface area contributed by atoms with Gasteiger partial charge in [-0.15, -0.1) is 0 Å². The van der Waals surface area contributed by atoms with Crippen molar-refractivity contribution in [3.63, 3.8) is 0 Å². The number of halogens is 2. The maximum Gasteiger partial charge on any atom is 0.321 e. The van der Waals surface area contributed by atoms with E-state index in [4.69, 9.17) is 4.74 Å². The molecule has 0 aliphatic carbocycles. The van der Waals surface area contributed by atoms with E-state index in [2.05, 4.69) is 10.4 Å². The first kappa shape index (κ1) is 17.8. The highest BCUT2D eigenvalue weighted by molar-refractivity contribution is 5.89. The van der Waals surface area contributed by atoms with E-state index < -0.39 is 23.2 Å². The van der Waals surface area contributed by atoms with Crippen molar-refractivity contribution in [3.05, 3.63) is 52.5 Å². The van der Waals surface area contributed by atoms with Crippen molar-refractivity contribution in [2.45, 2.75) is 18.9 Å². The second kappa shape index (κ2) is 7.51. The molecular weight excluding hydrogens is 346 g/mol. The molecule has 1 aliphatic heterocycles. The number of benzene rings is 1. The van der Waals surface area contributed by atoms with Gasteiger partial charge in [-0.25, -0.2) is 18.3 Å². The number of anilines is 1. The summed E-state index contributed by atoms with van der Waals surface area (Å²) >= 11 is 0. The van der Waals surface area contributed by atoms with Crippen LogP contribution < -0.4 is 15.6 Å². The van der Waals surface area contributed by atoms with Crippen molar-refractivity contribution in [1.82, 2.24) is 14.7 Å². The van der Waals surface area contributed by atoms with Crippen molar-refractivity contribution >= 4 is 11.7 Å². The molecule has 9 heteroatoms. The van der Waals surface area contributed by atoms with E-state index in [9.17, 15) is 18.4 Å². The van der Waals surface area contributed by atoms with E-state index in [1.165, 1.54) is 19.3 Å². The Morgan fingerprint density at radius 3 is 2.73 bits per heavy atom. The summed E-state index contributed by atoms with van der Waals surface area (Å²) in [6.07, 6.45) is 2.05. The highest BCUT2D eigenvalue weighted by Gasteiger charge is 2.25. The number of hydrogen-bond acceptors (Lipinski definition) is 4. The number of aromatic nitrogens is 2. The zero-order valence-electron chi connectivity index (χ0n) is 14.1. The molecule has 2 aromatic rings. The number of likely N-dealkylation sites (tertiary alicyclic amines) is 1. The van der Waals surface area contributed by atoms with Gasteiger partial charge in [0.15, 0.2) is 11.6 Å². The number of carbonyl (C=O) groups excluding carboxylic acids is 1. The Bertz CT molecular complexity index is 863. The normalized spacial score (nSPS) is 15.0. The Kier molecular flexibility index (Phi) is 5.15. The van der Waals surface area contributed by atoms with E-state index in [1.54, 1.807) is 4.90 Å². The van der Waals surface area contributed by atoms with Crippen LogP contribution >= 0.6 is 0 Å². The molecule has 0 atom stereocenters. The fourth-order valence-electron chi connectivity index (χ4n) is 2.72. The number of nitrogens with zero attached hydrogens (tertiary/aromatic N) is 3. The molecule has 0 saturated carbocycles. The SMILES string of the molecule is Cn1nccc(NC(=O)N2CCC(Oc3cc(F)ccc3F)CC2)c1=O. The molecule has 26 heavy (non-hydrogen) atoms. The van der Waals surface area contributed by atoms with Crippen LogP contribution in [0.4, 0.5) is 19.3 Å². The average molecular weight is 364 g/mol. The van der Waals surface area contributed by atoms with Gasteiger partial charge < -0.3 is 15.0 Å². The second-order valence-corrected chi connectivity index (χ2v) is 5.98. The maximum atomic E-state index is 13.6. The summed E-state index contributed by atoms with van der Waals surface area (Å²) in [6.45, 7) is 0.748. The minimum Gasteiger partial charge on any atom is -0.487 e. The lowest BCUT2D eigenvalue weighted by molar-refractivity contribution is 0.111. The highest BCUT2D eigenvalue weighted by Crippen LogP contribution is 2.23. The van der Waals surface area contributed by atoms with Gasteiger partial charge in [0.2, 0.25) is 0 Å². The Morgan fingerprint density at radius 1 is 1.27 bits per heavy atom. The van der Waals surface area contributed by atoms with Gasteiger partial charge in [-0.3, -0.25) is 4.79 Å². The number of urea groups is 1. The topological polar surface area (TPSA) is 76.5 Å². The lowest BCUT2D eigenvalue weighted by atomic mass is 10.1. The van der Waals surface area contributed by atoms with E-state index in [0.717, 1.165) is 22.9 Å². The predicted octanol–water partition coefficient (Wildman–Crippen LogP) is 2.13. The van der Waals surface area contributed by atoms with Crippen molar-refractivity contribution < 1.29 is 18.3 Å². The molecule has 1 aromatic heterocycles. The summed E-state index contributed by atoms with van der Waals surface area (Å²) in [4.78, 5) is 25.7. The van der Waals surface area contributed by atoms with E-state index in [1.807, 2.05) is 0 Å². The zero-order valence-corrected chi connectivity index (χ0v) is 14.1. The fraction of sp³-hybridized carbons (Fsp3) is 0.353. The zero-order chi connectivity index (χ0) is 18.7. The van der Waals surface area contributed by atoms with Gasteiger partial charge in [-0.2, -0.15) is 5.10 Å². The summed E-state index contributed by atoms with van der Waals surface area (Å²) < 4.78 is 33.5. The van der Waals surface area contributed by atoms with E-state index >= 15 is 0 Å². The van der Waals surface area contributed by atoms with Crippen LogP contribution in [0.3, 0.4) is 0 Å². The van der Waals surface area contributed by atoms with Crippen LogP contribution in [0.2, 0.25) is 0 Å². The standard InChI is InChI=1S/C17H18F2N4O3/c1-22-16(24)14(4-7-20-22)21-17(25)23-8-5-12(6-9-23)26-15-10-11(18)2-3-13(15)19/h2-4,7,10,12H,5-6,8-9H2,1H3,(H,21,25). The van der Waals surface area contributed by atoms with Crippen LogP contribution in [-0.4, -0.2) is 39.9 Å². The number of piperidine rings is 1. The van der Waals surface area contributed by atoms with Gasteiger partial charge in [0.25, 0.3) is 5.56 Å². The molecule has 1 fully saturated rings. The lowest BCUT2D eigenvalue weighted by Gasteiger charge is -2.32. The third-order valence-corrected chi connectivity index (χ3v) is 4.16. The molecule has 2 heterocycles. The molecule has 7 nitrogen and oxygen atoms in total. The quantitative estimate of drug-likeness (QED) is 0.905. The summed E-state index contributed by atoms with van der Waals surface area (Å²) in [6, 6.07) is 4.08. The molecule has 0 unspecified atom stereocenters. The number of ether oxygens (including phenoxy) is 1. The van der Waals surface area contributed by atoms with Crippen molar-refractivity contribution in [2.24, 2.45) is 7.05 Å². The van der Waals surface area contributed by atoms with Crippen LogP contribution in [0.15, 0.2) is 35.3 Å². The van der Waals surface area contributed by atoms with Crippen molar-refractivity contribution in [2.75, 3.05) is 18.4 Å². The van der Waals surface area contributed by atoms with Crippen molar-refractivity contribution in [3.8, 4) is 5.75 Å². The highest BCUT2D eigenvalue weighted by atomic mass is 19.1. The third-order valence-electron chi connectivity index (χ3n) is 4.16. The first-order chi connectivity index (χ1) is 12.4. The summed E-state index contributed by atoms with van der Waals surface area (Å²) in [7, 11) is 1.49. The van der Waals surface area contributed by atoms with Gasteiger partial charge in [0.05, 0.1) is 0 Å².